The van der Waals surface area contributed by atoms with Crippen LogP contribution in [-0.4, -0.2) is 17.6 Å². The first-order chi connectivity index (χ1) is 7.47. The van der Waals surface area contributed by atoms with Gasteiger partial charge in [0, 0.05) is 0 Å². The van der Waals surface area contributed by atoms with E-state index in [0.717, 1.165) is 0 Å². The lowest BCUT2D eigenvalue weighted by Gasteiger charge is -2.08. The number of hydrogen-bond donors (Lipinski definition) is 0. The molecule has 0 radical (unpaired) electrons. The molecule has 1 aromatic heterocycles. The first-order valence-electron chi connectivity index (χ1n) is 4.59. The van der Waals surface area contributed by atoms with Crippen molar-refractivity contribution in [2.75, 3.05) is 6.61 Å². The predicted octanol–water partition coefficient (Wildman–Crippen LogP) is 3.11. The Bertz CT molecular complexity index is 410. The molecule has 0 amide bonds. The second-order valence-corrected chi connectivity index (χ2v) is 4.07. The van der Waals surface area contributed by atoms with E-state index in [2.05, 4.69) is 4.98 Å². The number of aromatic nitrogens is 1. The maximum atomic E-state index is 12.5. The average Bonchev–Trinajstić information content (AvgIpc) is 2.20. The van der Waals surface area contributed by atoms with Crippen molar-refractivity contribution in [1.29, 1.82) is 0 Å². The molecule has 16 heavy (non-hydrogen) atoms. The standard InChI is InChI=1S/C10H10F2INO2/c1-3-16-10(15)6-4-5(2)7(8(11)12)14-9(6)13/h4,8H,3H2,1-2H3. The van der Waals surface area contributed by atoms with E-state index in [1.54, 1.807) is 29.5 Å². The van der Waals surface area contributed by atoms with Crippen LogP contribution >= 0.6 is 22.6 Å². The van der Waals surface area contributed by atoms with Gasteiger partial charge in [0.25, 0.3) is 6.43 Å². The van der Waals surface area contributed by atoms with Gasteiger partial charge in [0.15, 0.2) is 0 Å². The topological polar surface area (TPSA) is 39.2 Å². The van der Waals surface area contributed by atoms with Crippen LogP contribution in [0, 0.1) is 10.6 Å². The number of carbonyl (C=O) groups is 1. The van der Waals surface area contributed by atoms with Crippen LogP contribution in [0.15, 0.2) is 6.07 Å². The number of alkyl halides is 2. The summed E-state index contributed by atoms with van der Waals surface area (Å²) >= 11 is 1.75. The lowest BCUT2D eigenvalue weighted by atomic mass is 10.1. The summed E-state index contributed by atoms with van der Waals surface area (Å²) in [5.74, 6) is -0.539. The predicted molar refractivity (Wildman–Crippen MR) is 62.6 cm³/mol. The normalized spacial score (nSPS) is 10.6. The first kappa shape index (κ1) is 13.3. The van der Waals surface area contributed by atoms with E-state index in [9.17, 15) is 13.6 Å². The number of nitrogens with zero attached hydrogens (tertiary/aromatic N) is 1. The average molecular weight is 341 g/mol. The minimum atomic E-state index is -2.63. The third-order valence-corrected chi connectivity index (χ3v) is 2.73. The van der Waals surface area contributed by atoms with Crippen molar-refractivity contribution >= 4 is 28.6 Å². The maximum Gasteiger partial charge on any atom is 0.340 e. The van der Waals surface area contributed by atoms with Gasteiger partial charge in [-0.3, -0.25) is 0 Å². The molecule has 0 spiro atoms. The van der Waals surface area contributed by atoms with E-state index in [4.69, 9.17) is 4.74 Å². The fourth-order valence-electron chi connectivity index (χ4n) is 1.18. The molecule has 0 unspecified atom stereocenters. The summed E-state index contributed by atoms with van der Waals surface area (Å²) < 4.78 is 30.0. The fourth-order valence-corrected chi connectivity index (χ4v) is 1.81. The Morgan fingerprint density at radius 2 is 2.25 bits per heavy atom. The highest BCUT2D eigenvalue weighted by Gasteiger charge is 2.19. The molecule has 0 atom stereocenters. The molecule has 0 aliphatic carbocycles. The second-order valence-electron chi connectivity index (χ2n) is 3.05. The number of pyridine rings is 1. The van der Waals surface area contributed by atoms with Gasteiger partial charge in [-0.15, -0.1) is 0 Å². The molecule has 88 valence electrons. The van der Waals surface area contributed by atoms with Crippen LogP contribution < -0.4 is 0 Å². The highest BCUT2D eigenvalue weighted by Crippen LogP contribution is 2.23. The van der Waals surface area contributed by atoms with Gasteiger partial charge in [-0.05, 0) is 48.1 Å². The molecule has 0 aliphatic rings. The van der Waals surface area contributed by atoms with Crippen LogP contribution in [0.3, 0.4) is 0 Å². The summed E-state index contributed by atoms with van der Waals surface area (Å²) in [7, 11) is 0. The van der Waals surface area contributed by atoms with E-state index in [0.29, 0.717) is 5.56 Å². The summed E-state index contributed by atoms with van der Waals surface area (Å²) in [6, 6.07) is 1.38. The maximum absolute atomic E-state index is 12.5. The molecule has 1 aromatic rings. The van der Waals surface area contributed by atoms with Gasteiger partial charge < -0.3 is 4.74 Å². The summed E-state index contributed by atoms with van der Waals surface area (Å²) in [5.41, 5.74) is 0.222. The Labute approximate surface area is 105 Å². The Balaban J connectivity index is 3.15. The minimum absolute atomic E-state index is 0.226. The van der Waals surface area contributed by atoms with Gasteiger partial charge in [0.2, 0.25) is 0 Å². The Morgan fingerprint density at radius 1 is 1.62 bits per heavy atom. The Kier molecular flexibility index (Phi) is 4.57. The third kappa shape index (κ3) is 2.87. The van der Waals surface area contributed by atoms with Crippen LogP contribution in [0.2, 0.25) is 0 Å². The molecule has 0 bridgehead atoms. The van der Waals surface area contributed by atoms with Gasteiger partial charge in [0.05, 0.1) is 12.2 Å². The zero-order valence-electron chi connectivity index (χ0n) is 8.76. The molecule has 0 saturated carbocycles. The van der Waals surface area contributed by atoms with Crippen molar-refractivity contribution in [1.82, 2.24) is 4.98 Å². The summed E-state index contributed by atoms with van der Waals surface area (Å²) in [6.45, 7) is 3.41. The van der Waals surface area contributed by atoms with Crippen molar-refractivity contribution in [2.45, 2.75) is 20.3 Å². The largest absolute Gasteiger partial charge is 0.462 e. The summed E-state index contributed by atoms with van der Waals surface area (Å²) in [6.07, 6.45) is -2.63. The van der Waals surface area contributed by atoms with E-state index in [1.807, 2.05) is 0 Å². The Hall–Kier alpha value is -0.790. The van der Waals surface area contributed by atoms with Crippen molar-refractivity contribution in [2.24, 2.45) is 0 Å². The van der Waals surface area contributed by atoms with Crippen molar-refractivity contribution in [3.8, 4) is 0 Å². The molecular weight excluding hydrogens is 331 g/mol. The van der Waals surface area contributed by atoms with E-state index < -0.39 is 12.4 Å². The van der Waals surface area contributed by atoms with Gasteiger partial charge in [-0.1, -0.05) is 0 Å². The number of esters is 1. The lowest BCUT2D eigenvalue weighted by Crippen LogP contribution is -2.10. The third-order valence-electron chi connectivity index (χ3n) is 1.91. The van der Waals surface area contributed by atoms with Crippen molar-refractivity contribution in [3.05, 3.63) is 26.6 Å². The van der Waals surface area contributed by atoms with E-state index >= 15 is 0 Å². The SMILES string of the molecule is CCOC(=O)c1cc(C)c(C(F)F)nc1I. The molecular formula is C10H10F2INO2. The van der Waals surface area contributed by atoms with Crippen molar-refractivity contribution in [3.63, 3.8) is 0 Å². The fraction of sp³-hybridized carbons (Fsp3) is 0.400. The number of aryl methyl sites for hydroxylation is 1. The molecule has 0 aliphatic heterocycles. The molecule has 0 aromatic carbocycles. The quantitative estimate of drug-likeness (QED) is 0.482. The Morgan fingerprint density at radius 3 is 2.75 bits per heavy atom. The monoisotopic (exact) mass is 341 g/mol. The molecule has 6 heteroatoms. The van der Waals surface area contributed by atoms with Crippen molar-refractivity contribution < 1.29 is 18.3 Å². The van der Waals surface area contributed by atoms with Crippen LogP contribution in [0.5, 0.6) is 0 Å². The van der Waals surface area contributed by atoms with Gasteiger partial charge in [-0.25, -0.2) is 18.6 Å². The number of halogens is 3. The zero-order chi connectivity index (χ0) is 12.3. The molecule has 0 N–H and O–H groups in total. The van der Waals surface area contributed by atoms with Crippen LogP contribution in [-0.2, 0) is 4.74 Å². The van der Waals surface area contributed by atoms with Crippen LogP contribution in [0.25, 0.3) is 0 Å². The highest BCUT2D eigenvalue weighted by atomic mass is 127. The number of hydrogen-bond acceptors (Lipinski definition) is 3. The summed E-state index contributed by atoms with van der Waals surface area (Å²) in [5, 5.41) is 0. The number of rotatable bonds is 3. The summed E-state index contributed by atoms with van der Waals surface area (Å²) in [4.78, 5) is 15.2. The smallest absolute Gasteiger partial charge is 0.340 e. The molecule has 3 nitrogen and oxygen atoms in total. The zero-order valence-corrected chi connectivity index (χ0v) is 10.9. The second kappa shape index (κ2) is 5.51. The number of carbonyl (C=O) groups excluding carboxylic acids is 1. The van der Waals surface area contributed by atoms with Crippen LogP contribution in [0.4, 0.5) is 8.78 Å². The molecule has 0 saturated heterocycles. The molecule has 1 rings (SSSR count). The molecule has 1 heterocycles. The van der Waals surface area contributed by atoms with E-state index in [1.165, 1.54) is 13.0 Å². The minimum Gasteiger partial charge on any atom is -0.462 e. The van der Waals surface area contributed by atoms with Gasteiger partial charge >= 0.3 is 5.97 Å². The highest BCUT2D eigenvalue weighted by molar-refractivity contribution is 14.1. The van der Waals surface area contributed by atoms with Crippen LogP contribution in [0.1, 0.15) is 35.0 Å². The lowest BCUT2D eigenvalue weighted by molar-refractivity contribution is 0.0523. The number of ether oxygens (including phenoxy) is 1. The van der Waals surface area contributed by atoms with Gasteiger partial charge in [0.1, 0.15) is 9.39 Å². The van der Waals surface area contributed by atoms with E-state index in [-0.39, 0.29) is 21.6 Å². The van der Waals surface area contributed by atoms with Gasteiger partial charge in [-0.2, -0.15) is 0 Å². The first-order valence-corrected chi connectivity index (χ1v) is 5.67. The molecule has 0 fully saturated rings.